The zero-order valence-electron chi connectivity index (χ0n) is 10.6. The van der Waals surface area contributed by atoms with E-state index in [-0.39, 0.29) is 11.8 Å². The summed E-state index contributed by atoms with van der Waals surface area (Å²) in [6.45, 7) is 2.48. The van der Waals surface area contributed by atoms with Gasteiger partial charge in [-0.25, -0.2) is 0 Å². The summed E-state index contributed by atoms with van der Waals surface area (Å²) in [5.41, 5.74) is 2.91. The van der Waals surface area contributed by atoms with Crippen molar-refractivity contribution in [3.05, 3.63) is 35.4 Å². The van der Waals surface area contributed by atoms with E-state index in [1.165, 1.54) is 30.4 Å². The van der Waals surface area contributed by atoms with Crippen molar-refractivity contribution < 1.29 is 4.79 Å². The van der Waals surface area contributed by atoms with Crippen molar-refractivity contribution in [2.75, 3.05) is 19.6 Å². The fraction of sp³-hybridized carbons (Fsp3) is 0.533. The monoisotopic (exact) mass is 244 g/mol. The Bertz CT molecular complexity index is 440. The zero-order valence-corrected chi connectivity index (χ0v) is 10.6. The molecule has 0 saturated carbocycles. The Balaban J connectivity index is 1.61. The van der Waals surface area contributed by atoms with Crippen LogP contribution in [0.15, 0.2) is 24.3 Å². The van der Waals surface area contributed by atoms with Crippen molar-refractivity contribution in [3.63, 3.8) is 0 Å². The Morgan fingerprint density at radius 2 is 2.17 bits per heavy atom. The zero-order chi connectivity index (χ0) is 12.4. The van der Waals surface area contributed by atoms with Gasteiger partial charge in [-0.1, -0.05) is 24.3 Å². The topological polar surface area (TPSA) is 41.1 Å². The molecular formula is C15H20N2O. The SMILES string of the molecule is O=C(NCC1CCCc2ccccc21)C1CNC1. The Kier molecular flexibility index (Phi) is 3.33. The van der Waals surface area contributed by atoms with Gasteiger partial charge >= 0.3 is 0 Å². The largest absolute Gasteiger partial charge is 0.355 e. The number of carbonyl (C=O) groups is 1. The van der Waals surface area contributed by atoms with Crippen LogP contribution in [0.4, 0.5) is 0 Å². The summed E-state index contributed by atoms with van der Waals surface area (Å²) in [4.78, 5) is 11.8. The summed E-state index contributed by atoms with van der Waals surface area (Å²) in [5.74, 6) is 0.924. The summed E-state index contributed by atoms with van der Waals surface area (Å²) < 4.78 is 0. The summed E-state index contributed by atoms with van der Waals surface area (Å²) in [6, 6.07) is 8.66. The normalized spacial score (nSPS) is 23.0. The van der Waals surface area contributed by atoms with Crippen molar-refractivity contribution >= 4 is 5.91 Å². The lowest BCUT2D eigenvalue weighted by Crippen LogP contribution is -2.51. The van der Waals surface area contributed by atoms with E-state index in [2.05, 4.69) is 34.9 Å². The van der Waals surface area contributed by atoms with Crippen molar-refractivity contribution in [2.45, 2.75) is 25.2 Å². The average molecular weight is 244 g/mol. The molecule has 1 saturated heterocycles. The smallest absolute Gasteiger partial charge is 0.225 e. The Morgan fingerprint density at radius 3 is 2.94 bits per heavy atom. The van der Waals surface area contributed by atoms with Crippen LogP contribution in [0.2, 0.25) is 0 Å². The third-order valence-electron chi connectivity index (χ3n) is 4.17. The molecule has 0 radical (unpaired) electrons. The maximum absolute atomic E-state index is 11.8. The van der Waals surface area contributed by atoms with Gasteiger partial charge in [0.1, 0.15) is 0 Å². The van der Waals surface area contributed by atoms with Gasteiger partial charge in [0.15, 0.2) is 0 Å². The second-order valence-electron chi connectivity index (χ2n) is 5.39. The Morgan fingerprint density at radius 1 is 1.33 bits per heavy atom. The third-order valence-corrected chi connectivity index (χ3v) is 4.17. The van der Waals surface area contributed by atoms with Crippen molar-refractivity contribution in [2.24, 2.45) is 5.92 Å². The van der Waals surface area contributed by atoms with Gasteiger partial charge in [0.05, 0.1) is 5.92 Å². The summed E-state index contributed by atoms with van der Waals surface area (Å²) >= 11 is 0. The summed E-state index contributed by atoms with van der Waals surface area (Å²) in [7, 11) is 0. The second kappa shape index (κ2) is 5.11. The van der Waals surface area contributed by atoms with Gasteiger partial charge < -0.3 is 10.6 Å². The molecule has 96 valence electrons. The first-order chi connectivity index (χ1) is 8.84. The highest BCUT2D eigenvalue weighted by Gasteiger charge is 2.26. The lowest BCUT2D eigenvalue weighted by atomic mass is 9.83. The first-order valence-corrected chi connectivity index (χ1v) is 6.91. The van der Waals surface area contributed by atoms with Crippen LogP contribution in [-0.4, -0.2) is 25.5 Å². The van der Waals surface area contributed by atoms with E-state index in [1.807, 2.05) is 0 Å². The van der Waals surface area contributed by atoms with E-state index in [9.17, 15) is 4.79 Å². The highest BCUT2D eigenvalue weighted by Crippen LogP contribution is 2.30. The molecule has 3 rings (SSSR count). The summed E-state index contributed by atoms with van der Waals surface area (Å²) in [5, 5.41) is 6.25. The van der Waals surface area contributed by atoms with Crippen molar-refractivity contribution in [3.8, 4) is 0 Å². The maximum Gasteiger partial charge on any atom is 0.225 e. The van der Waals surface area contributed by atoms with Gasteiger partial charge in [-0.15, -0.1) is 0 Å². The molecule has 18 heavy (non-hydrogen) atoms. The number of fused-ring (bicyclic) bond motifs is 1. The van der Waals surface area contributed by atoms with Gasteiger partial charge in [-0.3, -0.25) is 4.79 Å². The fourth-order valence-electron chi connectivity index (χ4n) is 2.91. The molecule has 1 aliphatic heterocycles. The maximum atomic E-state index is 11.8. The van der Waals surface area contributed by atoms with E-state index in [0.717, 1.165) is 19.6 Å². The molecule has 0 aromatic heterocycles. The molecule has 3 nitrogen and oxygen atoms in total. The van der Waals surface area contributed by atoms with Gasteiger partial charge in [0.2, 0.25) is 5.91 Å². The van der Waals surface area contributed by atoms with Crippen molar-refractivity contribution in [1.82, 2.24) is 10.6 Å². The third kappa shape index (κ3) is 2.27. The summed E-state index contributed by atoms with van der Waals surface area (Å²) in [6.07, 6.45) is 3.62. The molecule has 2 aliphatic rings. The molecule has 1 heterocycles. The molecule has 1 aromatic carbocycles. The number of hydrogen-bond donors (Lipinski definition) is 2. The van der Waals surface area contributed by atoms with Gasteiger partial charge in [0.25, 0.3) is 0 Å². The molecule has 1 aromatic rings. The lowest BCUT2D eigenvalue weighted by Gasteiger charge is -2.29. The highest BCUT2D eigenvalue weighted by atomic mass is 16.2. The lowest BCUT2D eigenvalue weighted by molar-refractivity contribution is -0.126. The molecule has 1 amide bonds. The molecule has 2 N–H and O–H groups in total. The number of amides is 1. The van der Waals surface area contributed by atoms with Crippen molar-refractivity contribution in [1.29, 1.82) is 0 Å². The van der Waals surface area contributed by atoms with E-state index in [1.54, 1.807) is 0 Å². The van der Waals surface area contributed by atoms with Crippen LogP contribution in [0, 0.1) is 5.92 Å². The first-order valence-electron chi connectivity index (χ1n) is 6.91. The predicted octanol–water partition coefficient (Wildman–Crippen LogP) is 1.44. The van der Waals surface area contributed by atoms with Crippen LogP contribution in [0.3, 0.4) is 0 Å². The Hall–Kier alpha value is -1.35. The predicted molar refractivity (Wildman–Crippen MR) is 71.5 cm³/mol. The van der Waals surface area contributed by atoms with E-state index in [0.29, 0.717) is 5.92 Å². The van der Waals surface area contributed by atoms with Crippen LogP contribution >= 0.6 is 0 Å². The number of rotatable bonds is 3. The van der Waals surface area contributed by atoms with Gasteiger partial charge in [-0.2, -0.15) is 0 Å². The quantitative estimate of drug-likeness (QED) is 0.845. The molecule has 0 spiro atoms. The van der Waals surface area contributed by atoms with E-state index in [4.69, 9.17) is 0 Å². The molecule has 3 heteroatoms. The van der Waals surface area contributed by atoms with Crippen LogP contribution in [-0.2, 0) is 11.2 Å². The average Bonchev–Trinajstić information content (AvgIpc) is 2.34. The minimum Gasteiger partial charge on any atom is -0.355 e. The number of nitrogens with one attached hydrogen (secondary N) is 2. The molecule has 1 unspecified atom stereocenters. The number of hydrogen-bond acceptors (Lipinski definition) is 2. The Labute approximate surface area is 108 Å². The first kappa shape index (κ1) is 11.7. The van der Waals surface area contributed by atoms with Crippen LogP contribution in [0.1, 0.15) is 29.9 Å². The fourth-order valence-corrected chi connectivity index (χ4v) is 2.91. The number of aryl methyl sites for hydroxylation is 1. The highest BCUT2D eigenvalue weighted by molar-refractivity contribution is 5.80. The van der Waals surface area contributed by atoms with Crippen LogP contribution in [0.25, 0.3) is 0 Å². The molecular weight excluding hydrogens is 224 g/mol. The molecule has 1 fully saturated rings. The minimum absolute atomic E-state index is 0.198. The minimum atomic E-state index is 0.198. The van der Waals surface area contributed by atoms with Gasteiger partial charge in [-0.05, 0) is 30.4 Å². The molecule has 1 atom stereocenters. The molecule has 1 aliphatic carbocycles. The standard InChI is InChI=1S/C15H20N2O/c18-15(13-8-16-9-13)17-10-12-6-3-5-11-4-1-2-7-14(11)12/h1-2,4,7,12-13,16H,3,5-6,8-10H2,(H,17,18). The van der Waals surface area contributed by atoms with Gasteiger partial charge in [0, 0.05) is 25.6 Å². The van der Waals surface area contributed by atoms with Crippen LogP contribution < -0.4 is 10.6 Å². The second-order valence-corrected chi connectivity index (χ2v) is 5.39. The van der Waals surface area contributed by atoms with Crippen LogP contribution in [0.5, 0.6) is 0 Å². The van der Waals surface area contributed by atoms with E-state index < -0.39 is 0 Å². The van der Waals surface area contributed by atoms with E-state index >= 15 is 0 Å². The number of benzene rings is 1. The number of carbonyl (C=O) groups excluding carboxylic acids is 1. The molecule has 0 bridgehead atoms.